The minimum absolute atomic E-state index is 0.714. The zero-order valence-corrected chi connectivity index (χ0v) is 15.1. The smallest absolute Gasteiger partial charge is 0.178 e. The fraction of sp³-hybridized carbons (Fsp3) is 0.0455. The average molecular weight is 366 g/mol. The van der Waals surface area contributed by atoms with Crippen molar-refractivity contribution in [1.82, 2.24) is 20.2 Å². The molecule has 28 heavy (non-hydrogen) atoms. The number of nitrogens with one attached hydrogen (secondary N) is 3. The Balaban J connectivity index is 1.42. The Labute approximate surface area is 161 Å². The predicted octanol–water partition coefficient (Wildman–Crippen LogP) is 4.86. The van der Waals surface area contributed by atoms with Crippen molar-refractivity contribution in [3.8, 4) is 0 Å². The third-order valence-corrected chi connectivity index (χ3v) is 4.65. The van der Waals surface area contributed by atoms with Gasteiger partial charge in [-0.05, 0) is 47.3 Å². The molecule has 0 atom stereocenters. The van der Waals surface area contributed by atoms with Crippen LogP contribution in [0.15, 0.2) is 79.1 Å². The average Bonchev–Trinajstić information content (AvgIpc) is 3.16. The number of aromatic amines is 1. The van der Waals surface area contributed by atoms with Gasteiger partial charge in [-0.2, -0.15) is 5.10 Å². The van der Waals surface area contributed by atoms with Crippen molar-refractivity contribution in [1.29, 1.82) is 0 Å². The molecular formula is C22H18N6. The van der Waals surface area contributed by atoms with Gasteiger partial charge in [0, 0.05) is 30.0 Å². The molecule has 3 aromatic heterocycles. The Bertz CT molecular complexity index is 1250. The monoisotopic (exact) mass is 366 g/mol. The Hall–Kier alpha value is -3.93. The van der Waals surface area contributed by atoms with Gasteiger partial charge in [0.05, 0.1) is 5.52 Å². The molecule has 0 fully saturated rings. The summed E-state index contributed by atoms with van der Waals surface area (Å²) < 4.78 is 0. The first kappa shape index (κ1) is 16.3. The Morgan fingerprint density at radius 2 is 1.75 bits per heavy atom. The van der Waals surface area contributed by atoms with Crippen LogP contribution in [0.1, 0.15) is 5.56 Å². The lowest BCUT2D eigenvalue weighted by Crippen LogP contribution is -2.01. The number of nitrogens with zero attached hydrogens (tertiary/aromatic N) is 3. The number of rotatable bonds is 5. The number of pyridine rings is 2. The molecule has 0 spiro atoms. The van der Waals surface area contributed by atoms with Crippen LogP contribution in [0.3, 0.4) is 0 Å². The third-order valence-electron chi connectivity index (χ3n) is 4.65. The number of benzene rings is 2. The Morgan fingerprint density at radius 1 is 0.821 bits per heavy atom. The molecule has 5 aromatic rings. The molecule has 6 heteroatoms. The highest BCUT2D eigenvalue weighted by Gasteiger charge is 2.08. The van der Waals surface area contributed by atoms with Gasteiger partial charge in [0.15, 0.2) is 5.82 Å². The van der Waals surface area contributed by atoms with E-state index in [9.17, 15) is 0 Å². The van der Waals surface area contributed by atoms with Crippen LogP contribution in [0, 0.1) is 0 Å². The Kier molecular flexibility index (Phi) is 4.06. The molecule has 0 radical (unpaired) electrons. The lowest BCUT2D eigenvalue weighted by molar-refractivity contribution is 1.12. The molecular weight excluding hydrogens is 348 g/mol. The first-order chi connectivity index (χ1) is 13.9. The van der Waals surface area contributed by atoms with Crippen molar-refractivity contribution >= 4 is 39.1 Å². The summed E-state index contributed by atoms with van der Waals surface area (Å²) in [5.74, 6) is 1.59. The summed E-state index contributed by atoms with van der Waals surface area (Å²) in [4.78, 5) is 8.90. The van der Waals surface area contributed by atoms with E-state index in [0.717, 1.165) is 39.9 Å². The van der Waals surface area contributed by atoms with Crippen molar-refractivity contribution < 1.29 is 0 Å². The fourth-order valence-corrected chi connectivity index (χ4v) is 3.26. The van der Waals surface area contributed by atoms with Crippen molar-refractivity contribution in [2.75, 3.05) is 10.6 Å². The van der Waals surface area contributed by atoms with E-state index in [0.29, 0.717) is 5.82 Å². The zero-order chi connectivity index (χ0) is 18.8. The second kappa shape index (κ2) is 7.00. The van der Waals surface area contributed by atoms with E-state index in [1.807, 2.05) is 48.7 Å². The third kappa shape index (κ3) is 3.12. The van der Waals surface area contributed by atoms with Crippen molar-refractivity contribution in [3.05, 3.63) is 84.7 Å². The normalized spacial score (nSPS) is 11.0. The molecule has 0 saturated carbocycles. The second-order valence-electron chi connectivity index (χ2n) is 6.53. The van der Waals surface area contributed by atoms with E-state index < -0.39 is 0 Å². The van der Waals surface area contributed by atoms with Crippen LogP contribution in [0.5, 0.6) is 0 Å². The lowest BCUT2D eigenvalue weighted by atomic mass is 10.1. The van der Waals surface area contributed by atoms with Crippen LogP contribution < -0.4 is 10.6 Å². The maximum absolute atomic E-state index is 4.51. The van der Waals surface area contributed by atoms with E-state index in [4.69, 9.17) is 0 Å². The van der Waals surface area contributed by atoms with Crippen LogP contribution in [0.25, 0.3) is 21.8 Å². The molecule has 0 amide bonds. The minimum atomic E-state index is 0.714. The van der Waals surface area contributed by atoms with Crippen LogP contribution in [0.2, 0.25) is 0 Å². The number of anilines is 3. The van der Waals surface area contributed by atoms with Gasteiger partial charge in [0.1, 0.15) is 11.3 Å². The van der Waals surface area contributed by atoms with E-state index in [2.05, 4.69) is 55.1 Å². The first-order valence-corrected chi connectivity index (χ1v) is 9.09. The summed E-state index contributed by atoms with van der Waals surface area (Å²) in [7, 11) is 0. The summed E-state index contributed by atoms with van der Waals surface area (Å²) in [5.41, 5.74) is 3.90. The molecule has 2 aromatic carbocycles. The lowest BCUT2D eigenvalue weighted by Gasteiger charge is -2.10. The van der Waals surface area contributed by atoms with Crippen LogP contribution in [-0.2, 0) is 6.54 Å². The van der Waals surface area contributed by atoms with Crippen molar-refractivity contribution in [2.45, 2.75) is 6.54 Å². The zero-order valence-electron chi connectivity index (χ0n) is 15.1. The van der Waals surface area contributed by atoms with E-state index >= 15 is 0 Å². The molecule has 0 aliphatic carbocycles. The van der Waals surface area contributed by atoms with Gasteiger partial charge < -0.3 is 10.6 Å². The predicted molar refractivity (Wildman–Crippen MR) is 113 cm³/mol. The van der Waals surface area contributed by atoms with Gasteiger partial charge >= 0.3 is 0 Å². The summed E-state index contributed by atoms with van der Waals surface area (Å²) in [5, 5.41) is 16.3. The van der Waals surface area contributed by atoms with Gasteiger partial charge in [-0.15, -0.1) is 0 Å². The summed E-state index contributed by atoms with van der Waals surface area (Å²) in [6, 6.07) is 22.3. The Morgan fingerprint density at radius 3 is 2.68 bits per heavy atom. The number of fused-ring (bicyclic) bond motifs is 2. The molecule has 3 N–H and O–H groups in total. The summed E-state index contributed by atoms with van der Waals surface area (Å²) in [6.07, 6.45) is 3.59. The molecule has 0 bridgehead atoms. The SMILES string of the molecule is c1ccc(CNc2nccc3cc(Nc4n[nH]c5cccnc45)ccc23)cc1. The van der Waals surface area contributed by atoms with Gasteiger partial charge in [-0.1, -0.05) is 30.3 Å². The maximum Gasteiger partial charge on any atom is 0.178 e. The van der Waals surface area contributed by atoms with Crippen molar-refractivity contribution in [3.63, 3.8) is 0 Å². The van der Waals surface area contributed by atoms with Crippen molar-refractivity contribution in [2.24, 2.45) is 0 Å². The summed E-state index contributed by atoms with van der Waals surface area (Å²) in [6.45, 7) is 0.734. The number of H-pyrrole nitrogens is 1. The van der Waals surface area contributed by atoms with Crippen LogP contribution >= 0.6 is 0 Å². The molecule has 136 valence electrons. The number of aromatic nitrogens is 4. The standard InChI is InChI=1S/C22H18N6/c1-2-5-15(6-3-1)14-25-21-18-9-8-17(13-16(18)10-12-24-21)26-22-20-19(27-28-22)7-4-11-23-20/h1-13H,14H2,(H,24,25)(H2,26,27,28). The van der Waals surface area contributed by atoms with Gasteiger partial charge in [-0.3, -0.25) is 10.1 Å². The molecule has 3 heterocycles. The van der Waals surface area contributed by atoms with Gasteiger partial charge in [0.2, 0.25) is 0 Å². The number of hydrogen-bond donors (Lipinski definition) is 3. The minimum Gasteiger partial charge on any atom is -0.365 e. The number of hydrogen-bond acceptors (Lipinski definition) is 5. The highest BCUT2D eigenvalue weighted by Crippen LogP contribution is 2.27. The molecule has 0 aliphatic rings. The summed E-state index contributed by atoms with van der Waals surface area (Å²) >= 11 is 0. The quantitative estimate of drug-likeness (QED) is 0.414. The van der Waals surface area contributed by atoms with Gasteiger partial charge in [0.25, 0.3) is 0 Å². The highest BCUT2D eigenvalue weighted by atomic mass is 15.2. The van der Waals surface area contributed by atoms with E-state index in [-0.39, 0.29) is 0 Å². The molecule has 0 aliphatic heterocycles. The topological polar surface area (TPSA) is 78.5 Å². The van der Waals surface area contributed by atoms with E-state index in [1.165, 1.54) is 5.56 Å². The largest absolute Gasteiger partial charge is 0.365 e. The fourth-order valence-electron chi connectivity index (χ4n) is 3.26. The second-order valence-corrected chi connectivity index (χ2v) is 6.53. The first-order valence-electron chi connectivity index (χ1n) is 9.09. The van der Waals surface area contributed by atoms with Gasteiger partial charge in [-0.25, -0.2) is 4.98 Å². The van der Waals surface area contributed by atoms with Crippen LogP contribution in [0.4, 0.5) is 17.3 Å². The maximum atomic E-state index is 4.51. The van der Waals surface area contributed by atoms with E-state index in [1.54, 1.807) is 6.20 Å². The molecule has 5 rings (SSSR count). The molecule has 0 unspecified atom stereocenters. The van der Waals surface area contributed by atoms with Crippen LogP contribution in [-0.4, -0.2) is 20.2 Å². The molecule has 6 nitrogen and oxygen atoms in total. The molecule has 0 saturated heterocycles. The highest BCUT2D eigenvalue weighted by molar-refractivity contribution is 5.95.